The van der Waals surface area contributed by atoms with Crippen LogP contribution < -0.4 is 4.90 Å². The number of non-ortho nitro benzene ring substituents is 1. The number of hydrogen-bond acceptors (Lipinski definition) is 5. The SMILES string of the molecule is CC1OCCC1N(C)c1ccc([N+](=O)[O-])cc1CO. The van der Waals surface area contributed by atoms with E-state index in [-0.39, 0.29) is 24.4 Å². The molecule has 1 heterocycles. The van der Waals surface area contributed by atoms with Crippen LogP contribution in [0.4, 0.5) is 11.4 Å². The first kappa shape index (κ1) is 13.8. The van der Waals surface area contributed by atoms with Crippen molar-refractivity contribution in [3.05, 3.63) is 33.9 Å². The molecule has 0 aliphatic carbocycles. The van der Waals surface area contributed by atoms with Crippen LogP contribution in [-0.4, -0.2) is 35.8 Å². The van der Waals surface area contributed by atoms with Crippen LogP contribution in [0.5, 0.6) is 0 Å². The molecule has 0 aromatic heterocycles. The Morgan fingerprint density at radius 2 is 2.32 bits per heavy atom. The van der Waals surface area contributed by atoms with Crippen molar-refractivity contribution in [3.8, 4) is 0 Å². The van der Waals surface area contributed by atoms with Crippen LogP contribution in [0, 0.1) is 10.1 Å². The quantitative estimate of drug-likeness (QED) is 0.663. The van der Waals surface area contributed by atoms with Gasteiger partial charge in [0.2, 0.25) is 0 Å². The van der Waals surface area contributed by atoms with Crippen LogP contribution in [0.1, 0.15) is 18.9 Å². The number of aliphatic hydroxyl groups is 1. The number of nitro benzene ring substituents is 1. The zero-order valence-electron chi connectivity index (χ0n) is 11.1. The largest absolute Gasteiger partial charge is 0.392 e. The van der Waals surface area contributed by atoms with E-state index < -0.39 is 4.92 Å². The van der Waals surface area contributed by atoms with E-state index in [1.807, 2.05) is 18.9 Å². The summed E-state index contributed by atoms with van der Waals surface area (Å²) in [6, 6.07) is 4.80. The fourth-order valence-corrected chi connectivity index (χ4v) is 2.56. The van der Waals surface area contributed by atoms with E-state index in [2.05, 4.69) is 0 Å². The molecule has 19 heavy (non-hydrogen) atoms. The molecule has 2 atom stereocenters. The lowest BCUT2D eigenvalue weighted by Gasteiger charge is -2.30. The predicted molar refractivity (Wildman–Crippen MR) is 71.2 cm³/mol. The third-order valence-electron chi connectivity index (χ3n) is 3.66. The van der Waals surface area contributed by atoms with E-state index >= 15 is 0 Å². The van der Waals surface area contributed by atoms with Crippen LogP contribution in [0.3, 0.4) is 0 Å². The maximum atomic E-state index is 10.7. The molecule has 1 aromatic carbocycles. The Morgan fingerprint density at radius 3 is 2.84 bits per heavy atom. The third kappa shape index (κ3) is 2.69. The Bertz CT molecular complexity index is 478. The van der Waals surface area contributed by atoms with Gasteiger partial charge in [0.05, 0.1) is 23.7 Å². The van der Waals surface area contributed by atoms with Crippen LogP contribution in [0.15, 0.2) is 18.2 Å². The van der Waals surface area contributed by atoms with Gasteiger partial charge in [0.25, 0.3) is 5.69 Å². The number of hydrogen-bond donors (Lipinski definition) is 1. The minimum absolute atomic E-state index is 0.00285. The molecule has 0 radical (unpaired) electrons. The van der Waals surface area contributed by atoms with Gasteiger partial charge >= 0.3 is 0 Å². The predicted octanol–water partition coefficient (Wildman–Crippen LogP) is 1.70. The Hall–Kier alpha value is -1.66. The Kier molecular flexibility index (Phi) is 4.01. The summed E-state index contributed by atoms with van der Waals surface area (Å²) in [5.41, 5.74) is 1.38. The molecule has 1 saturated heterocycles. The molecule has 1 N–H and O–H groups in total. The number of likely N-dealkylation sites (N-methyl/N-ethyl adjacent to an activating group) is 1. The van der Waals surface area contributed by atoms with Gasteiger partial charge in [-0.25, -0.2) is 0 Å². The molecule has 0 bridgehead atoms. The first-order valence-electron chi connectivity index (χ1n) is 6.27. The number of ether oxygens (including phenoxy) is 1. The van der Waals surface area contributed by atoms with E-state index in [4.69, 9.17) is 4.74 Å². The van der Waals surface area contributed by atoms with Crippen molar-refractivity contribution in [3.63, 3.8) is 0 Å². The van der Waals surface area contributed by atoms with Crippen LogP contribution in [-0.2, 0) is 11.3 Å². The smallest absolute Gasteiger partial charge is 0.269 e. The molecule has 2 rings (SSSR count). The van der Waals surface area contributed by atoms with Crippen LogP contribution in [0.25, 0.3) is 0 Å². The van der Waals surface area contributed by atoms with Gasteiger partial charge in [0, 0.05) is 37.0 Å². The second-order valence-electron chi connectivity index (χ2n) is 4.77. The summed E-state index contributed by atoms with van der Waals surface area (Å²) in [7, 11) is 1.93. The average molecular weight is 266 g/mol. The molecule has 6 nitrogen and oxygen atoms in total. The van der Waals surface area contributed by atoms with Gasteiger partial charge in [-0.2, -0.15) is 0 Å². The van der Waals surface area contributed by atoms with Gasteiger partial charge in [-0.1, -0.05) is 0 Å². The molecular formula is C13H18N2O4. The highest BCUT2D eigenvalue weighted by molar-refractivity contribution is 5.58. The summed E-state index contributed by atoms with van der Waals surface area (Å²) in [5.74, 6) is 0. The molecule has 0 spiro atoms. The third-order valence-corrected chi connectivity index (χ3v) is 3.66. The first-order chi connectivity index (χ1) is 9.04. The summed E-state index contributed by atoms with van der Waals surface area (Å²) in [5, 5.41) is 20.2. The summed E-state index contributed by atoms with van der Waals surface area (Å²) >= 11 is 0. The summed E-state index contributed by atoms with van der Waals surface area (Å²) in [6.07, 6.45) is 1.03. The summed E-state index contributed by atoms with van der Waals surface area (Å²) < 4.78 is 5.53. The summed E-state index contributed by atoms with van der Waals surface area (Å²) in [6.45, 7) is 2.51. The van der Waals surface area contributed by atoms with Gasteiger partial charge < -0.3 is 14.7 Å². The number of nitro groups is 1. The lowest BCUT2D eigenvalue weighted by molar-refractivity contribution is -0.384. The van der Waals surface area contributed by atoms with Gasteiger partial charge in [-0.15, -0.1) is 0 Å². The lowest BCUT2D eigenvalue weighted by Crippen LogP contribution is -2.37. The molecule has 2 unspecified atom stereocenters. The maximum Gasteiger partial charge on any atom is 0.269 e. The summed E-state index contributed by atoms with van der Waals surface area (Å²) in [4.78, 5) is 12.3. The first-order valence-corrected chi connectivity index (χ1v) is 6.27. The number of nitrogens with zero attached hydrogens (tertiary/aromatic N) is 2. The molecule has 1 fully saturated rings. The number of aliphatic hydroxyl groups excluding tert-OH is 1. The van der Waals surface area contributed by atoms with E-state index in [9.17, 15) is 15.2 Å². The highest BCUT2D eigenvalue weighted by Gasteiger charge is 2.29. The van der Waals surface area contributed by atoms with Crippen molar-refractivity contribution >= 4 is 11.4 Å². The molecule has 104 valence electrons. The number of anilines is 1. The van der Waals surface area contributed by atoms with Gasteiger partial charge in [0.15, 0.2) is 0 Å². The monoisotopic (exact) mass is 266 g/mol. The number of benzene rings is 1. The van der Waals surface area contributed by atoms with Crippen LogP contribution in [0.2, 0.25) is 0 Å². The number of rotatable bonds is 4. The second kappa shape index (κ2) is 5.54. The topological polar surface area (TPSA) is 75.8 Å². The molecule has 6 heteroatoms. The lowest BCUT2D eigenvalue weighted by atomic mass is 10.1. The standard InChI is InChI=1S/C13H18N2O4/c1-9-12(5-6-19-9)14(2)13-4-3-11(15(17)18)7-10(13)8-16/h3-4,7,9,12,16H,5-6,8H2,1-2H3. The van der Waals surface area contributed by atoms with Gasteiger partial charge in [-0.05, 0) is 19.4 Å². The molecule has 1 aliphatic rings. The minimum atomic E-state index is -0.454. The Morgan fingerprint density at radius 1 is 1.58 bits per heavy atom. The highest BCUT2D eigenvalue weighted by Crippen LogP contribution is 2.29. The maximum absolute atomic E-state index is 10.7. The molecule has 1 aromatic rings. The van der Waals surface area contributed by atoms with Gasteiger partial charge in [0.1, 0.15) is 0 Å². The molecule has 0 saturated carbocycles. The molecule has 1 aliphatic heterocycles. The minimum Gasteiger partial charge on any atom is -0.392 e. The van der Waals surface area contributed by atoms with Crippen molar-refractivity contribution in [1.82, 2.24) is 0 Å². The van der Waals surface area contributed by atoms with Crippen molar-refractivity contribution < 1.29 is 14.8 Å². The fourth-order valence-electron chi connectivity index (χ4n) is 2.56. The normalized spacial score (nSPS) is 22.5. The van der Waals surface area contributed by atoms with Crippen molar-refractivity contribution in [2.24, 2.45) is 0 Å². The van der Waals surface area contributed by atoms with Gasteiger partial charge in [-0.3, -0.25) is 10.1 Å². The Labute approximate surface area is 111 Å². The zero-order valence-corrected chi connectivity index (χ0v) is 11.1. The van der Waals surface area contributed by atoms with Crippen molar-refractivity contribution in [2.45, 2.75) is 32.1 Å². The zero-order chi connectivity index (χ0) is 14.0. The average Bonchev–Trinajstić information content (AvgIpc) is 2.83. The molecular weight excluding hydrogens is 248 g/mol. The highest BCUT2D eigenvalue weighted by atomic mass is 16.6. The van der Waals surface area contributed by atoms with E-state index in [1.54, 1.807) is 6.07 Å². The fraction of sp³-hybridized carbons (Fsp3) is 0.538. The second-order valence-corrected chi connectivity index (χ2v) is 4.77. The van der Waals surface area contributed by atoms with Crippen molar-refractivity contribution in [1.29, 1.82) is 0 Å². The van der Waals surface area contributed by atoms with E-state index in [0.29, 0.717) is 5.56 Å². The Balaban J connectivity index is 2.30. The van der Waals surface area contributed by atoms with E-state index in [1.165, 1.54) is 12.1 Å². The molecule has 0 amide bonds. The van der Waals surface area contributed by atoms with Crippen molar-refractivity contribution in [2.75, 3.05) is 18.6 Å². The van der Waals surface area contributed by atoms with Crippen LogP contribution >= 0.6 is 0 Å². The van der Waals surface area contributed by atoms with E-state index in [0.717, 1.165) is 18.7 Å².